The molecule has 0 N–H and O–H groups in total. The fourth-order valence-corrected chi connectivity index (χ4v) is 14.8. The lowest BCUT2D eigenvalue weighted by atomic mass is 9.43. The summed E-state index contributed by atoms with van der Waals surface area (Å²) in [5.41, 5.74) is 19.0. The smallest absolute Gasteiger partial charge is 0.0540 e. The first-order chi connectivity index (χ1) is 26.7. The summed E-state index contributed by atoms with van der Waals surface area (Å²) in [6, 6.07) is 54.5. The van der Waals surface area contributed by atoms with Crippen LogP contribution in [-0.2, 0) is 10.8 Å². The van der Waals surface area contributed by atoms with Crippen molar-refractivity contribution < 1.29 is 0 Å². The normalized spacial score (nSPS) is 31.2. The molecule has 2 spiro atoms. The monoisotopic (exact) mass is 697 g/mol. The van der Waals surface area contributed by atoms with Crippen LogP contribution in [0.1, 0.15) is 80.0 Å². The van der Waals surface area contributed by atoms with E-state index in [1.165, 1.54) is 108 Å². The number of hydrogen-bond donors (Lipinski definition) is 0. The van der Waals surface area contributed by atoms with Crippen molar-refractivity contribution >= 4 is 17.1 Å². The van der Waals surface area contributed by atoms with Gasteiger partial charge in [-0.25, -0.2) is 0 Å². The maximum absolute atomic E-state index is 2.68. The topological polar surface area (TPSA) is 3.24 Å². The van der Waals surface area contributed by atoms with Crippen molar-refractivity contribution in [2.45, 2.75) is 68.6 Å². The highest BCUT2D eigenvalue weighted by molar-refractivity contribution is 5.93. The molecule has 3 atom stereocenters. The van der Waals surface area contributed by atoms with Crippen molar-refractivity contribution in [3.63, 3.8) is 0 Å². The molecule has 6 aromatic rings. The molecule has 6 fully saturated rings. The number of hydrogen-bond acceptors (Lipinski definition) is 1. The quantitative estimate of drug-likeness (QED) is 0.177. The Hall–Kier alpha value is -4.88. The largest absolute Gasteiger partial charge is 0.310 e. The summed E-state index contributed by atoms with van der Waals surface area (Å²) in [6.45, 7) is 0. The predicted octanol–water partition coefficient (Wildman–Crippen LogP) is 13.6. The lowest BCUT2D eigenvalue weighted by Crippen LogP contribution is -2.55. The van der Waals surface area contributed by atoms with E-state index in [-0.39, 0.29) is 10.8 Å². The van der Waals surface area contributed by atoms with Crippen molar-refractivity contribution in [2.24, 2.45) is 35.5 Å². The molecule has 6 aromatic carbocycles. The van der Waals surface area contributed by atoms with Gasteiger partial charge in [-0.3, -0.25) is 0 Å². The minimum absolute atomic E-state index is 0.130. The Labute approximate surface area is 320 Å². The Kier molecular flexibility index (Phi) is 6.13. The van der Waals surface area contributed by atoms with Crippen molar-refractivity contribution in [1.29, 1.82) is 0 Å². The number of anilines is 3. The van der Waals surface area contributed by atoms with Crippen molar-refractivity contribution in [3.05, 3.63) is 162 Å². The lowest BCUT2D eigenvalue weighted by Gasteiger charge is -2.61. The first-order valence-electron chi connectivity index (χ1n) is 21.1. The van der Waals surface area contributed by atoms with Crippen LogP contribution in [0.5, 0.6) is 0 Å². The second-order valence-corrected chi connectivity index (χ2v) is 18.5. The third kappa shape index (κ3) is 3.81. The van der Waals surface area contributed by atoms with Crippen molar-refractivity contribution in [1.82, 2.24) is 0 Å². The Bertz CT molecular complexity index is 2480. The van der Waals surface area contributed by atoms with E-state index in [0.717, 1.165) is 35.5 Å². The first-order valence-corrected chi connectivity index (χ1v) is 21.1. The first kappa shape index (κ1) is 30.4. The molecule has 6 saturated carbocycles. The van der Waals surface area contributed by atoms with Gasteiger partial charge in [-0.05, 0) is 167 Å². The molecule has 0 aliphatic heterocycles. The van der Waals surface area contributed by atoms with Gasteiger partial charge < -0.3 is 4.90 Å². The molecule has 8 aliphatic carbocycles. The van der Waals surface area contributed by atoms with Gasteiger partial charge >= 0.3 is 0 Å². The SMILES string of the molecule is c1ccc(-c2ccccc2N(c2ccc3c(c2)-c2ccccc2[C@]32CC3CC[C@@H]2C3)c2ccc3c(c2)[C@]2(c4ccccc4-3)[C@@H]3CC4C[C@@H](C3)C[C@@H]2C4)cc1. The molecule has 14 rings (SSSR count). The van der Waals surface area contributed by atoms with Crippen LogP contribution in [0.15, 0.2) is 140 Å². The second kappa shape index (κ2) is 10.9. The molecule has 0 aromatic heterocycles. The highest BCUT2D eigenvalue weighted by Gasteiger charge is 2.62. The molecule has 54 heavy (non-hydrogen) atoms. The highest BCUT2D eigenvalue weighted by Crippen LogP contribution is 2.70. The van der Waals surface area contributed by atoms with E-state index in [2.05, 4.69) is 144 Å². The van der Waals surface area contributed by atoms with Crippen LogP contribution < -0.4 is 4.90 Å². The number of nitrogens with zero attached hydrogens (tertiary/aromatic N) is 1. The number of rotatable bonds is 4. The average Bonchev–Trinajstić information content (AvgIpc) is 3.97. The molecule has 8 aliphatic rings. The summed E-state index contributed by atoms with van der Waals surface area (Å²) in [5.74, 6) is 4.98. The van der Waals surface area contributed by atoms with Crippen LogP contribution in [0.4, 0.5) is 17.1 Å². The van der Waals surface area contributed by atoms with Crippen molar-refractivity contribution in [3.8, 4) is 33.4 Å². The van der Waals surface area contributed by atoms with E-state index >= 15 is 0 Å². The number of benzene rings is 6. The Morgan fingerprint density at radius 3 is 1.74 bits per heavy atom. The Morgan fingerprint density at radius 1 is 0.407 bits per heavy atom. The molecular weight excluding hydrogens is 651 g/mol. The molecule has 0 radical (unpaired) electrons. The summed E-state index contributed by atoms with van der Waals surface area (Å²) in [6.07, 6.45) is 12.6. The summed E-state index contributed by atoms with van der Waals surface area (Å²) in [4.78, 5) is 2.63. The lowest BCUT2D eigenvalue weighted by molar-refractivity contribution is -0.0399. The Balaban J connectivity index is 1.04. The summed E-state index contributed by atoms with van der Waals surface area (Å²) in [7, 11) is 0. The molecule has 1 unspecified atom stereocenters. The van der Waals surface area contributed by atoms with Gasteiger partial charge in [0.05, 0.1) is 5.69 Å². The molecule has 6 bridgehead atoms. The molecule has 0 saturated heterocycles. The predicted molar refractivity (Wildman–Crippen MR) is 221 cm³/mol. The van der Waals surface area contributed by atoms with E-state index in [0.29, 0.717) is 0 Å². The maximum atomic E-state index is 2.68. The van der Waals surface area contributed by atoms with Gasteiger partial charge in [-0.1, -0.05) is 116 Å². The van der Waals surface area contributed by atoms with Gasteiger partial charge in [0.1, 0.15) is 0 Å². The van der Waals surface area contributed by atoms with E-state index in [1.54, 1.807) is 22.3 Å². The number of para-hydroxylation sites is 1. The van der Waals surface area contributed by atoms with Crippen LogP contribution in [0.2, 0.25) is 0 Å². The minimum atomic E-state index is 0.130. The third-order valence-corrected chi connectivity index (χ3v) is 16.3. The van der Waals surface area contributed by atoms with Gasteiger partial charge in [-0.2, -0.15) is 0 Å². The zero-order valence-corrected chi connectivity index (χ0v) is 31.1. The van der Waals surface area contributed by atoms with Gasteiger partial charge in [0.25, 0.3) is 0 Å². The van der Waals surface area contributed by atoms with Crippen molar-refractivity contribution in [2.75, 3.05) is 4.90 Å². The minimum Gasteiger partial charge on any atom is -0.310 e. The second-order valence-electron chi connectivity index (χ2n) is 18.5. The zero-order chi connectivity index (χ0) is 35.2. The van der Waals surface area contributed by atoms with E-state index in [4.69, 9.17) is 0 Å². The standard InChI is InChI=1S/C53H47N/c1-2-10-36(11-3-1)42-12-6-9-17-51(42)54(40-21-23-48-46(30-40)44-14-4-7-15-47(44)52(48)32-33-18-19-37(52)25-33)41-20-22-45-43-13-5-8-16-49(43)53(50(45)31-41)38-26-34-24-35(28-38)29-39(53)27-34/h1-17,20-23,30-31,33-35,37-39H,18-19,24-29,32H2/t33?,34-,35?,37-,38-,39+,52-,53+/m1/s1. The summed E-state index contributed by atoms with van der Waals surface area (Å²) in [5, 5.41) is 0. The maximum Gasteiger partial charge on any atom is 0.0540 e. The molecule has 0 heterocycles. The van der Waals surface area contributed by atoms with Gasteiger partial charge in [-0.15, -0.1) is 0 Å². The van der Waals surface area contributed by atoms with Crippen LogP contribution in [0.3, 0.4) is 0 Å². The molecule has 264 valence electrons. The summed E-state index contributed by atoms with van der Waals surface area (Å²) < 4.78 is 0. The molecule has 1 nitrogen and oxygen atoms in total. The summed E-state index contributed by atoms with van der Waals surface area (Å²) >= 11 is 0. The van der Waals surface area contributed by atoms with E-state index in [9.17, 15) is 0 Å². The average molecular weight is 698 g/mol. The van der Waals surface area contributed by atoms with Gasteiger partial charge in [0.2, 0.25) is 0 Å². The van der Waals surface area contributed by atoms with Gasteiger partial charge in [0.15, 0.2) is 0 Å². The fraction of sp³-hybridized carbons (Fsp3) is 0.321. The third-order valence-electron chi connectivity index (χ3n) is 16.3. The van der Waals surface area contributed by atoms with E-state index in [1.807, 2.05) is 0 Å². The molecule has 1 heteroatoms. The number of fused-ring (bicyclic) bond motifs is 11. The molecule has 0 amide bonds. The molecular formula is C53H47N. The van der Waals surface area contributed by atoms with Crippen LogP contribution in [-0.4, -0.2) is 0 Å². The van der Waals surface area contributed by atoms with Gasteiger partial charge in [0, 0.05) is 27.8 Å². The zero-order valence-electron chi connectivity index (χ0n) is 31.1. The Morgan fingerprint density at radius 2 is 1.00 bits per heavy atom. The van der Waals surface area contributed by atoms with Crippen LogP contribution in [0.25, 0.3) is 33.4 Å². The van der Waals surface area contributed by atoms with Crippen LogP contribution >= 0.6 is 0 Å². The van der Waals surface area contributed by atoms with E-state index < -0.39 is 0 Å². The highest BCUT2D eigenvalue weighted by atomic mass is 15.1. The fourth-order valence-electron chi connectivity index (χ4n) is 14.8. The van der Waals surface area contributed by atoms with Crippen LogP contribution in [0, 0.1) is 35.5 Å².